The summed E-state index contributed by atoms with van der Waals surface area (Å²) >= 11 is 0. The minimum Gasteiger partial charge on any atom is -0.508 e. The van der Waals surface area contributed by atoms with Gasteiger partial charge in [-0.1, -0.05) is 0 Å². The molecule has 0 unspecified atom stereocenters. The molecule has 0 amide bonds. The summed E-state index contributed by atoms with van der Waals surface area (Å²) in [7, 11) is 0. The number of benzene rings is 2. The molecule has 0 aliphatic heterocycles. The Morgan fingerprint density at radius 3 is 2.48 bits per heavy atom. The zero-order chi connectivity index (χ0) is 20.2. The molecular weight excluding hydrogens is 366 g/mol. The third-order valence-electron chi connectivity index (χ3n) is 4.84. The molecule has 0 saturated carbocycles. The van der Waals surface area contributed by atoms with Crippen molar-refractivity contribution in [1.82, 2.24) is 14.4 Å². The number of nitrogens with zero attached hydrogens (tertiary/aromatic N) is 4. The molecule has 148 valence electrons. The fourth-order valence-electron chi connectivity index (χ4n) is 3.34. The van der Waals surface area contributed by atoms with Gasteiger partial charge in [0.25, 0.3) is 0 Å². The summed E-state index contributed by atoms with van der Waals surface area (Å²) in [6.07, 6.45) is 5.42. The Balaban J connectivity index is 1.61. The van der Waals surface area contributed by atoms with E-state index < -0.39 is 0 Å². The molecule has 29 heavy (non-hydrogen) atoms. The van der Waals surface area contributed by atoms with E-state index >= 15 is 0 Å². The summed E-state index contributed by atoms with van der Waals surface area (Å²) in [6.45, 7) is 3.64. The van der Waals surface area contributed by atoms with Crippen molar-refractivity contribution >= 4 is 22.8 Å². The van der Waals surface area contributed by atoms with Crippen molar-refractivity contribution in [2.75, 3.05) is 29.9 Å². The van der Waals surface area contributed by atoms with Gasteiger partial charge >= 0.3 is 0 Å². The number of fused-ring (bicyclic) bond motifs is 1. The lowest BCUT2D eigenvalue weighted by Crippen LogP contribution is -2.25. The Labute approximate surface area is 168 Å². The zero-order valence-electron chi connectivity index (χ0n) is 16.2. The van der Waals surface area contributed by atoms with Crippen molar-refractivity contribution in [3.05, 3.63) is 67.1 Å². The minimum absolute atomic E-state index is 0.128. The van der Waals surface area contributed by atoms with E-state index in [2.05, 4.69) is 27.1 Å². The van der Waals surface area contributed by atoms with Gasteiger partial charge in [0.05, 0.1) is 18.5 Å². The predicted molar refractivity (Wildman–Crippen MR) is 115 cm³/mol. The molecule has 0 aliphatic carbocycles. The SMILES string of the molecule is CCN(CCO)c1ccc(Nc2ncc(-c3ccc(O)cc3)n3ccnc23)cc1. The predicted octanol–water partition coefficient (Wildman–Crippen LogP) is 3.66. The van der Waals surface area contributed by atoms with E-state index in [1.54, 1.807) is 24.5 Å². The van der Waals surface area contributed by atoms with Gasteiger partial charge in [-0.15, -0.1) is 0 Å². The highest BCUT2D eigenvalue weighted by Gasteiger charge is 2.11. The van der Waals surface area contributed by atoms with Crippen molar-refractivity contribution in [2.45, 2.75) is 6.92 Å². The van der Waals surface area contributed by atoms with Gasteiger partial charge in [0.15, 0.2) is 11.5 Å². The van der Waals surface area contributed by atoms with E-state index in [4.69, 9.17) is 0 Å². The molecule has 0 atom stereocenters. The quantitative estimate of drug-likeness (QED) is 0.447. The number of aliphatic hydroxyl groups is 1. The highest BCUT2D eigenvalue weighted by molar-refractivity contribution is 5.74. The molecule has 3 N–H and O–H groups in total. The van der Waals surface area contributed by atoms with Gasteiger partial charge in [-0.3, -0.25) is 4.40 Å². The highest BCUT2D eigenvalue weighted by atomic mass is 16.3. The number of phenols is 1. The van der Waals surface area contributed by atoms with Crippen LogP contribution in [0, 0.1) is 0 Å². The average molecular weight is 389 g/mol. The Morgan fingerprint density at radius 1 is 1.03 bits per heavy atom. The lowest BCUT2D eigenvalue weighted by molar-refractivity contribution is 0.302. The number of rotatable bonds is 7. The molecule has 2 aromatic heterocycles. The summed E-state index contributed by atoms with van der Waals surface area (Å²) in [4.78, 5) is 11.1. The molecule has 4 rings (SSSR count). The average Bonchev–Trinajstić information content (AvgIpc) is 3.24. The van der Waals surface area contributed by atoms with Gasteiger partial charge in [-0.2, -0.15) is 0 Å². The summed E-state index contributed by atoms with van der Waals surface area (Å²) in [5.41, 5.74) is 4.52. The van der Waals surface area contributed by atoms with Crippen LogP contribution in [0.15, 0.2) is 67.1 Å². The maximum Gasteiger partial charge on any atom is 0.180 e. The van der Waals surface area contributed by atoms with Crippen molar-refractivity contribution in [3.63, 3.8) is 0 Å². The molecule has 0 aliphatic rings. The molecule has 0 radical (unpaired) electrons. The summed E-state index contributed by atoms with van der Waals surface area (Å²) < 4.78 is 1.97. The maximum atomic E-state index is 9.52. The van der Waals surface area contributed by atoms with E-state index in [0.29, 0.717) is 12.4 Å². The van der Waals surface area contributed by atoms with Gasteiger partial charge < -0.3 is 20.4 Å². The molecular formula is C22H23N5O2. The Bertz CT molecular complexity index is 1090. The van der Waals surface area contributed by atoms with Crippen LogP contribution in [0.1, 0.15) is 6.92 Å². The van der Waals surface area contributed by atoms with Crippen LogP contribution in [-0.4, -0.2) is 44.3 Å². The van der Waals surface area contributed by atoms with Gasteiger partial charge in [0.2, 0.25) is 0 Å². The first-order chi connectivity index (χ1) is 14.2. The van der Waals surface area contributed by atoms with Gasteiger partial charge in [-0.05, 0) is 55.5 Å². The molecule has 0 bridgehead atoms. The van der Waals surface area contributed by atoms with Crippen LogP contribution in [0.5, 0.6) is 5.75 Å². The van der Waals surface area contributed by atoms with Crippen LogP contribution < -0.4 is 10.2 Å². The largest absolute Gasteiger partial charge is 0.508 e. The van der Waals surface area contributed by atoms with Crippen molar-refractivity contribution in [2.24, 2.45) is 0 Å². The topological polar surface area (TPSA) is 85.9 Å². The number of likely N-dealkylation sites (N-methyl/N-ethyl adjacent to an activating group) is 1. The van der Waals surface area contributed by atoms with Gasteiger partial charge in [-0.25, -0.2) is 9.97 Å². The molecule has 7 heteroatoms. The molecule has 0 spiro atoms. The lowest BCUT2D eigenvalue weighted by Gasteiger charge is -2.22. The number of hydrogen-bond acceptors (Lipinski definition) is 6. The molecule has 2 aromatic carbocycles. The van der Waals surface area contributed by atoms with Crippen molar-refractivity contribution < 1.29 is 10.2 Å². The Hall–Kier alpha value is -3.58. The van der Waals surface area contributed by atoms with E-state index in [1.165, 1.54) is 0 Å². The van der Waals surface area contributed by atoms with Crippen molar-refractivity contribution in [3.8, 4) is 17.0 Å². The molecule has 4 aromatic rings. The third-order valence-corrected chi connectivity index (χ3v) is 4.84. The van der Waals surface area contributed by atoms with E-state index in [0.717, 1.165) is 34.8 Å². The maximum absolute atomic E-state index is 9.52. The molecule has 7 nitrogen and oxygen atoms in total. The van der Waals surface area contributed by atoms with Crippen LogP contribution in [0.4, 0.5) is 17.2 Å². The first-order valence-corrected chi connectivity index (χ1v) is 9.54. The normalized spacial score (nSPS) is 11.0. The number of aromatic nitrogens is 3. The number of phenolic OH excluding ortho intramolecular Hbond substituents is 1. The number of imidazole rings is 1. The Kier molecular flexibility index (Phi) is 5.31. The third kappa shape index (κ3) is 3.86. The fourth-order valence-corrected chi connectivity index (χ4v) is 3.34. The minimum atomic E-state index is 0.128. The first-order valence-electron chi connectivity index (χ1n) is 9.54. The van der Waals surface area contributed by atoms with Crippen LogP contribution >= 0.6 is 0 Å². The van der Waals surface area contributed by atoms with Crippen LogP contribution in [0.3, 0.4) is 0 Å². The van der Waals surface area contributed by atoms with Crippen LogP contribution in [-0.2, 0) is 0 Å². The molecule has 0 fully saturated rings. The Morgan fingerprint density at radius 2 is 1.79 bits per heavy atom. The molecule has 0 saturated heterocycles. The van der Waals surface area contributed by atoms with E-state index in [9.17, 15) is 10.2 Å². The smallest absolute Gasteiger partial charge is 0.180 e. The lowest BCUT2D eigenvalue weighted by atomic mass is 10.1. The summed E-state index contributed by atoms with van der Waals surface area (Å²) in [5, 5.41) is 22.1. The monoisotopic (exact) mass is 389 g/mol. The van der Waals surface area contributed by atoms with Gasteiger partial charge in [0.1, 0.15) is 5.75 Å². The number of aromatic hydroxyl groups is 1. The second-order valence-corrected chi connectivity index (χ2v) is 6.63. The van der Waals surface area contributed by atoms with Crippen LogP contribution in [0.2, 0.25) is 0 Å². The number of aliphatic hydroxyl groups excluding tert-OH is 1. The second-order valence-electron chi connectivity index (χ2n) is 6.63. The summed E-state index contributed by atoms with van der Waals surface area (Å²) in [5.74, 6) is 0.888. The fraction of sp³-hybridized carbons (Fsp3) is 0.182. The van der Waals surface area contributed by atoms with E-state index in [-0.39, 0.29) is 12.4 Å². The highest BCUT2D eigenvalue weighted by Crippen LogP contribution is 2.27. The number of hydrogen-bond donors (Lipinski definition) is 3. The standard InChI is InChI=1S/C22H23N5O2/c1-2-26(13-14-28)18-7-5-17(6-8-18)25-21-22-23-11-12-27(22)20(15-24-21)16-3-9-19(29)10-4-16/h3-12,15,28-29H,2,13-14H2,1H3,(H,24,25). The van der Waals surface area contributed by atoms with Crippen LogP contribution in [0.25, 0.3) is 16.9 Å². The molecule has 2 heterocycles. The zero-order valence-corrected chi connectivity index (χ0v) is 16.2. The van der Waals surface area contributed by atoms with E-state index in [1.807, 2.05) is 47.0 Å². The number of anilines is 3. The summed E-state index contributed by atoms with van der Waals surface area (Å²) in [6, 6.07) is 15.0. The van der Waals surface area contributed by atoms with Crippen molar-refractivity contribution in [1.29, 1.82) is 0 Å². The first kappa shape index (κ1) is 18.8. The number of nitrogens with one attached hydrogen (secondary N) is 1. The second kappa shape index (κ2) is 8.20. The van der Waals surface area contributed by atoms with Gasteiger partial charge in [0, 0.05) is 42.4 Å².